The molecule has 1 atom stereocenters. The second-order valence-electron chi connectivity index (χ2n) is 4.98. The van der Waals surface area contributed by atoms with Gasteiger partial charge in [-0.15, -0.1) is 0 Å². The summed E-state index contributed by atoms with van der Waals surface area (Å²) in [5.74, 6) is -0.0421. The molecule has 3 rings (SSSR count). The van der Waals surface area contributed by atoms with E-state index < -0.39 is 0 Å². The van der Waals surface area contributed by atoms with Gasteiger partial charge in [-0.2, -0.15) is 0 Å². The molecule has 20 heavy (non-hydrogen) atoms. The molecular formula is C16H18N2O2. The maximum atomic E-state index is 12.0. The van der Waals surface area contributed by atoms with E-state index in [0.717, 1.165) is 25.1 Å². The number of carbonyl (C=O) groups excluding carboxylic acids is 1. The molecule has 0 unspecified atom stereocenters. The molecule has 0 aliphatic carbocycles. The van der Waals surface area contributed by atoms with Crippen LogP contribution in [0.3, 0.4) is 0 Å². The fourth-order valence-electron chi connectivity index (χ4n) is 2.41. The molecule has 0 radical (unpaired) electrons. The van der Waals surface area contributed by atoms with Crippen LogP contribution in [0.1, 0.15) is 23.2 Å². The predicted molar refractivity (Wildman–Crippen MR) is 77.1 cm³/mol. The highest BCUT2D eigenvalue weighted by Crippen LogP contribution is 2.12. The second-order valence-corrected chi connectivity index (χ2v) is 4.98. The van der Waals surface area contributed by atoms with Crippen LogP contribution < -0.4 is 5.32 Å². The Morgan fingerprint density at radius 1 is 1.25 bits per heavy atom. The summed E-state index contributed by atoms with van der Waals surface area (Å²) in [5.41, 5.74) is 1.73. The van der Waals surface area contributed by atoms with Crippen LogP contribution in [0.5, 0.6) is 0 Å². The van der Waals surface area contributed by atoms with Crippen LogP contribution in [-0.4, -0.2) is 29.7 Å². The molecule has 4 heteroatoms. The summed E-state index contributed by atoms with van der Waals surface area (Å²) in [7, 11) is 0. The third kappa shape index (κ3) is 2.91. The zero-order valence-electron chi connectivity index (χ0n) is 11.3. The quantitative estimate of drug-likeness (QED) is 0.927. The molecule has 1 aromatic carbocycles. The van der Waals surface area contributed by atoms with Gasteiger partial charge >= 0.3 is 0 Å². The van der Waals surface area contributed by atoms with Crippen molar-refractivity contribution in [3.63, 3.8) is 0 Å². The number of carbonyl (C=O) groups is 1. The molecular weight excluding hydrogens is 252 g/mol. The second kappa shape index (κ2) is 5.92. The van der Waals surface area contributed by atoms with E-state index in [4.69, 9.17) is 4.74 Å². The Labute approximate surface area is 118 Å². The van der Waals surface area contributed by atoms with Gasteiger partial charge in [-0.05, 0) is 49.2 Å². The Hall–Kier alpha value is -2.07. The molecule has 2 aromatic rings. The minimum absolute atomic E-state index is 0.0421. The number of benzene rings is 1. The zero-order chi connectivity index (χ0) is 13.8. The van der Waals surface area contributed by atoms with Gasteiger partial charge in [0.2, 0.25) is 0 Å². The molecule has 1 N–H and O–H groups in total. The monoisotopic (exact) mass is 270 g/mol. The van der Waals surface area contributed by atoms with Gasteiger partial charge in [0.05, 0.1) is 6.10 Å². The lowest BCUT2D eigenvalue weighted by Crippen LogP contribution is -2.31. The normalized spacial score (nSPS) is 18.1. The van der Waals surface area contributed by atoms with Crippen molar-refractivity contribution in [1.82, 2.24) is 9.88 Å². The molecule has 1 amide bonds. The molecule has 1 aliphatic heterocycles. The number of hydrogen-bond donors (Lipinski definition) is 1. The molecule has 104 valence electrons. The summed E-state index contributed by atoms with van der Waals surface area (Å²) in [6.07, 6.45) is 6.26. The van der Waals surface area contributed by atoms with Gasteiger partial charge in [-0.25, -0.2) is 0 Å². The van der Waals surface area contributed by atoms with E-state index in [2.05, 4.69) is 5.32 Å². The Kier molecular flexibility index (Phi) is 3.83. The van der Waals surface area contributed by atoms with Gasteiger partial charge in [0.15, 0.2) is 0 Å². The lowest BCUT2D eigenvalue weighted by atomic mass is 10.2. The number of ether oxygens (including phenoxy) is 1. The van der Waals surface area contributed by atoms with Crippen molar-refractivity contribution < 1.29 is 9.53 Å². The highest BCUT2D eigenvalue weighted by Gasteiger charge is 2.16. The van der Waals surface area contributed by atoms with E-state index in [-0.39, 0.29) is 12.0 Å². The number of nitrogens with one attached hydrogen (secondary N) is 1. The SMILES string of the molecule is O=C(NC[C@@H]1CCCO1)c1ccc(-n2cccc2)cc1. The van der Waals surface area contributed by atoms with Gasteiger partial charge in [0.25, 0.3) is 5.91 Å². The average molecular weight is 270 g/mol. The Bertz CT molecular complexity index is 555. The van der Waals surface area contributed by atoms with E-state index >= 15 is 0 Å². The third-order valence-corrected chi connectivity index (χ3v) is 3.55. The topological polar surface area (TPSA) is 43.3 Å². The van der Waals surface area contributed by atoms with Gasteiger partial charge in [-0.1, -0.05) is 0 Å². The fourth-order valence-corrected chi connectivity index (χ4v) is 2.41. The fraction of sp³-hybridized carbons (Fsp3) is 0.312. The molecule has 4 nitrogen and oxygen atoms in total. The van der Waals surface area contributed by atoms with Crippen LogP contribution in [0.15, 0.2) is 48.8 Å². The van der Waals surface area contributed by atoms with Crippen molar-refractivity contribution in [3.05, 3.63) is 54.4 Å². The lowest BCUT2D eigenvalue weighted by Gasteiger charge is -2.11. The van der Waals surface area contributed by atoms with Gasteiger partial charge in [0.1, 0.15) is 0 Å². The predicted octanol–water partition coefficient (Wildman–Crippen LogP) is 2.39. The van der Waals surface area contributed by atoms with Gasteiger partial charge in [-0.3, -0.25) is 4.79 Å². The van der Waals surface area contributed by atoms with Crippen LogP contribution in [0.2, 0.25) is 0 Å². The average Bonchev–Trinajstić information content (AvgIpc) is 3.18. The van der Waals surface area contributed by atoms with Crippen LogP contribution in [0.4, 0.5) is 0 Å². The zero-order valence-corrected chi connectivity index (χ0v) is 11.3. The Morgan fingerprint density at radius 2 is 2.00 bits per heavy atom. The first-order valence-electron chi connectivity index (χ1n) is 6.96. The number of amides is 1. The maximum absolute atomic E-state index is 12.0. The number of hydrogen-bond acceptors (Lipinski definition) is 2. The first-order valence-corrected chi connectivity index (χ1v) is 6.96. The summed E-state index contributed by atoms with van der Waals surface area (Å²) in [4.78, 5) is 12.0. The van der Waals surface area contributed by atoms with Crippen LogP contribution in [0.25, 0.3) is 5.69 Å². The molecule has 2 heterocycles. The lowest BCUT2D eigenvalue weighted by molar-refractivity contribution is 0.0858. The van der Waals surface area contributed by atoms with E-state index in [1.54, 1.807) is 0 Å². The van der Waals surface area contributed by atoms with Crippen molar-refractivity contribution in [2.75, 3.05) is 13.2 Å². The smallest absolute Gasteiger partial charge is 0.251 e. The summed E-state index contributed by atoms with van der Waals surface area (Å²) in [6, 6.07) is 11.5. The highest BCUT2D eigenvalue weighted by atomic mass is 16.5. The van der Waals surface area contributed by atoms with Crippen molar-refractivity contribution in [2.45, 2.75) is 18.9 Å². The minimum atomic E-state index is -0.0421. The summed E-state index contributed by atoms with van der Waals surface area (Å²) >= 11 is 0. The van der Waals surface area contributed by atoms with Crippen LogP contribution in [-0.2, 0) is 4.74 Å². The molecule has 1 saturated heterocycles. The number of nitrogens with zero attached hydrogens (tertiary/aromatic N) is 1. The molecule has 0 spiro atoms. The minimum Gasteiger partial charge on any atom is -0.376 e. The van der Waals surface area contributed by atoms with Gasteiger partial charge in [0, 0.05) is 36.8 Å². The van der Waals surface area contributed by atoms with E-state index in [1.165, 1.54) is 0 Å². The molecule has 1 fully saturated rings. The van der Waals surface area contributed by atoms with Crippen LogP contribution in [0, 0.1) is 0 Å². The van der Waals surface area contributed by atoms with E-state index in [0.29, 0.717) is 12.1 Å². The summed E-state index contributed by atoms with van der Waals surface area (Å²) < 4.78 is 7.50. The summed E-state index contributed by atoms with van der Waals surface area (Å²) in [6.45, 7) is 1.41. The highest BCUT2D eigenvalue weighted by molar-refractivity contribution is 5.94. The largest absolute Gasteiger partial charge is 0.376 e. The van der Waals surface area contributed by atoms with Crippen molar-refractivity contribution in [1.29, 1.82) is 0 Å². The van der Waals surface area contributed by atoms with Gasteiger partial charge < -0.3 is 14.6 Å². The van der Waals surface area contributed by atoms with Crippen molar-refractivity contribution >= 4 is 5.91 Å². The van der Waals surface area contributed by atoms with E-state index in [1.807, 2.05) is 53.4 Å². The molecule has 0 bridgehead atoms. The van der Waals surface area contributed by atoms with Crippen LogP contribution >= 0.6 is 0 Å². The summed E-state index contributed by atoms with van der Waals surface area (Å²) in [5, 5.41) is 2.92. The number of aromatic nitrogens is 1. The Morgan fingerprint density at radius 3 is 2.65 bits per heavy atom. The molecule has 1 aliphatic rings. The third-order valence-electron chi connectivity index (χ3n) is 3.55. The van der Waals surface area contributed by atoms with Crippen molar-refractivity contribution in [2.24, 2.45) is 0 Å². The number of rotatable bonds is 4. The standard InChI is InChI=1S/C16H18N2O2/c19-16(17-12-15-4-3-11-20-15)13-5-7-14(8-6-13)18-9-1-2-10-18/h1-2,5-10,15H,3-4,11-12H2,(H,17,19)/t15-/m0/s1. The van der Waals surface area contributed by atoms with Crippen molar-refractivity contribution in [3.8, 4) is 5.69 Å². The first kappa shape index (κ1) is 12.9. The molecule has 0 saturated carbocycles. The first-order chi connectivity index (χ1) is 9.83. The Balaban J connectivity index is 1.60. The molecule has 1 aromatic heterocycles. The van der Waals surface area contributed by atoms with E-state index in [9.17, 15) is 4.79 Å². The maximum Gasteiger partial charge on any atom is 0.251 e.